The highest BCUT2D eigenvalue weighted by Gasteiger charge is 2.31. The van der Waals surface area contributed by atoms with Gasteiger partial charge >= 0.3 is 6.03 Å². The van der Waals surface area contributed by atoms with Crippen LogP contribution in [0.1, 0.15) is 49.9 Å². The molecule has 2 aromatic rings. The van der Waals surface area contributed by atoms with Crippen molar-refractivity contribution < 1.29 is 4.79 Å². The SMILES string of the molecule is C[C@@H](NC(=O)NC1CCCCC1)[C@@H](c1cccs1)N1CCN(c2ccccc2)CC1. The molecule has 2 heterocycles. The Hall–Kier alpha value is -2.05. The summed E-state index contributed by atoms with van der Waals surface area (Å²) in [6, 6.07) is 15.5. The Bertz CT molecular complexity index is 768. The fourth-order valence-corrected chi connectivity index (χ4v) is 5.82. The highest BCUT2D eigenvalue weighted by atomic mass is 32.1. The number of hydrogen-bond donors (Lipinski definition) is 2. The first-order valence-corrected chi connectivity index (χ1v) is 12.2. The topological polar surface area (TPSA) is 47.6 Å². The summed E-state index contributed by atoms with van der Waals surface area (Å²) in [4.78, 5) is 19.0. The number of nitrogens with zero attached hydrogens (tertiary/aromatic N) is 2. The van der Waals surface area contributed by atoms with Crippen LogP contribution >= 0.6 is 11.3 Å². The molecule has 6 heteroatoms. The first-order chi connectivity index (χ1) is 14.7. The second-order valence-corrected chi connectivity index (χ2v) is 9.54. The minimum atomic E-state index is -0.0149. The molecule has 1 aromatic heterocycles. The molecule has 0 unspecified atom stereocenters. The molecule has 4 rings (SSSR count). The first-order valence-electron chi connectivity index (χ1n) is 11.3. The molecule has 2 N–H and O–H groups in total. The van der Waals surface area contributed by atoms with Crippen molar-refractivity contribution in [2.24, 2.45) is 0 Å². The van der Waals surface area contributed by atoms with E-state index in [0.29, 0.717) is 6.04 Å². The van der Waals surface area contributed by atoms with Gasteiger partial charge in [-0.05, 0) is 43.3 Å². The van der Waals surface area contributed by atoms with Crippen LogP contribution < -0.4 is 15.5 Å². The highest BCUT2D eigenvalue weighted by molar-refractivity contribution is 7.10. The molecule has 1 aliphatic heterocycles. The third-order valence-electron chi connectivity index (χ3n) is 6.44. The van der Waals surface area contributed by atoms with E-state index in [0.717, 1.165) is 39.0 Å². The first kappa shape index (κ1) is 21.2. The van der Waals surface area contributed by atoms with Crippen molar-refractivity contribution >= 4 is 23.1 Å². The molecule has 0 radical (unpaired) electrons. The second-order valence-electron chi connectivity index (χ2n) is 8.56. The monoisotopic (exact) mass is 426 g/mol. The molecule has 0 bridgehead atoms. The van der Waals surface area contributed by atoms with Crippen LogP contribution in [0.5, 0.6) is 0 Å². The zero-order valence-electron chi connectivity index (χ0n) is 17.9. The Morgan fingerprint density at radius 2 is 1.73 bits per heavy atom. The molecule has 2 amide bonds. The van der Waals surface area contributed by atoms with Crippen molar-refractivity contribution in [3.8, 4) is 0 Å². The summed E-state index contributed by atoms with van der Waals surface area (Å²) in [6.07, 6.45) is 5.97. The third-order valence-corrected chi connectivity index (χ3v) is 7.38. The molecule has 1 saturated heterocycles. The predicted molar refractivity (Wildman–Crippen MR) is 125 cm³/mol. The molecule has 1 saturated carbocycles. The zero-order chi connectivity index (χ0) is 20.8. The molecule has 162 valence electrons. The van der Waals surface area contributed by atoms with E-state index in [1.165, 1.54) is 29.8 Å². The zero-order valence-corrected chi connectivity index (χ0v) is 18.7. The lowest BCUT2D eigenvalue weighted by Gasteiger charge is -2.42. The number of benzene rings is 1. The van der Waals surface area contributed by atoms with E-state index < -0.39 is 0 Å². The minimum Gasteiger partial charge on any atom is -0.369 e. The largest absolute Gasteiger partial charge is 0.369 e. The van der Waals surface area contributed by atoms with Gasteiger partial charge in [0.25, 0.3) is 0 Å². The van der Waals surface area contributed by atoms with Crippen molar-refractivity contribution in [3.63, 3.8) is 0 Å². The predicted octanol–water partition coefficient (Wildman–Crippen LogP) is 4.63. The van der Waals surface area contributed by atoms with E-state index in [2.05, 4.69) is 75.2 Å². The quantitative estimate of drug-likeness (QED) is 0.708. The second kappa shape index (κ2) is 10.3. The lowest BCUT2D eigenvalue weighted by atomic mass is 9.96. The molecular formula is C24H34N4OS. The number of rotatable bonds is 6. The number of para-hydroxylation sites is 1. The molecule has 2 aliphatic rings. The number of piperazine rings is 1. The maximum atomic E-state index is 12.7. The van der Waals surface area contributed by atoms with E-state index >= 15 is 0 Å². The van der Waals surface area contributed by atoms with E-state index in [4.69, 9.17) is 0 Å². The molecule has 30 heavy (non-hydrogen) atoms. The fraction of sp³-hybridized carbons (Fsp3) is 0.542. The Morgan fingerprint density at radius 3 is 2.40 bits per heavy atom. The van der Waals surface area contributed by atoms with Gasteiger partial charge in [-0.2, -0.15) is 0 Å². The van der Waals surface area contributed by atoms with Crippen LogP contribution in [0.15, 0.2) is 47.8 Å². The van der Waals surface area contributed by atoms with Crippen LogP contribution in [0.4, 0.5) is 10.5 Å². The minimum absolute atomic E-state index is 0.0149. The average Bonchev–Trinajstić information content (AvgIpc) is 3.30. The summed E-state index contributed by atoms with van der Waals surface area (Å²) in [5, 5.41) is 8.60. The lowest BCUT2D eigenvalue weighted by molar-refractivity contribution is 0.155. The Labute approximate surface area is 184 Å². The standard InChI is InChI=1S/C24H34N4OS/c1-19(25-24(29)26-20-9-4-2-5-10-20)23(22-13-8-18-30-22)28-16-14-27(15-17-28)21-11-6-3-7-12-21/h3,6-8,11-13,18-20,23H,2,4-5,9-10,14-17H2,1H3,(H2,25,26,29)/t19-,23+/m1/s1. The van der Waals surface area contributed by atoms with E-state index in [-0.39, 0.29) is 18.1 Å². The summed E-state index contributed by atoms with van der Waals surface area (Å²) < 4.78 is 0. The van der Waals surface area contributed by atoms with Gasteiger partial charge in [-0.1, -0.05) is 43.5 Å². The van der Waals surface area contributed by atoms with Gasteiger partial charge in [0.05, 0.1) is 6.04 Å². The van der Waals surface area contributed by atoms with Crippen LogP contribution in [0.25, 0.3) is 0 Å². The number of nitrogens with one attached hydrogen (secondary N) is 2. The summed E-state index contributed by atoms with van der Waals surface area (Å²) in [5.41, 5.74) is 1.29. The fourth-order valence-electron chi connectivity index (χ4n) is 4.86. The average molecular weight is 427 g/mol. The van der Waals surface area contributed by atoms with Gasteiger partial charge < -0.3 is 15.5 Å². The number of carbonyl (C=O) groups is 1. The number of urea groups is 1. The van der Waals surface area contributed by atoms with Crippen LogP contribution in [0.3, 0.4) is 0 Å². The van der Waals surface area contributed by atoms with E-state index in [1.807, 2.05) is 0 Å². The molecule has 5 nitrogen and oxygen atoms in total. The molecule has 1 aromatic carbocycles. The number of thiophene rings is 1. The van der Waals surface area contributed by atoms with E-state index in [9.17, 15) is 4.79 Å². The maximum absolute atomic E-state index is 12.7. The molecule has 2 atom stereocenters. The van der Waals surface area contributed by atoms with Crippen LogP contribution in [0.2, 0.25) is 0 Å². The van der Waals surface area contributed by atoms with Crippen LogP contribution in [0, 0.1) is 0 Å². The molecule has 1 aliphatic carbocycles. The number of hydrogen-bond acceptors (Lipinski definition) is 4. The van der Waals surface area contributed by atoms with Gasteiger partial charge in [-0.3, -0.25) is 4.90 Å². The number of carbonyl (C=O) groups excluding carboxylic acids is 1. The third kappa shape index (κ3) is 5.35. The lowest BCUT2D eigenvalue weighted by Crippen LogP contribution is -2.54. The summed E-state index contributed by atoms with van der Waals surface area (Å²) in [5.74, 6) is 0. The normalized spacial score (nSPS) is 20.5. The van der Waals surface area contributed by atoms with Crippen molar-refractivity contribution in [1.82, 2.24) is 15.5 Å². The van der Waals surface area contributed by atoms with Crippen LogP contribution in [-0.2, 0) is 0 Å². The van der Waals surface area contributed by atoms with Gasteiger partial charge in [-0.15, -0.1) is 11.3 Å². The van der Waals surface area contributed by atoms with Gasteiger partial charge in [0.2, 0.25) is 0 Å². The van der Waals surface area contributed by atoms with E-state index in [1.54, 1.807) is 11.3 Å². The Balaban J connectivity index is 1.37. The molecular weight excluding hydrogens is 392 g/mol. The summed E-state index contributed by atoms with van der Waals surface area (Å²) >= 11 is 1.79. The van der Waals surface area contributed by atoms with Crippen molar-refractivity contribution in [2.75, 3.05) is 31.1 Å². The summed E-state index contributed by atoms with van der Waals surface area (Å²) in [7, 11) is 0. The van der Waals surface area contributed by atoms with Gasteiger partial charge in [0.15, 0.2) is 0 Å². The number of amides is 2. The van der Waals surface area contributed by atoms with Gasteiger partial charge in [-0.25, -0.2) is 4.79 Å². The van der Waals surface area contributed by atoms with Crippen molar-refractivity contribution in [2.45, 2.75) is 57.2 Å². The maximum Gasteiger partial charge on any atom is 0.315 e. The van der Waals surface area contributed by atoms with Crippen molar-refractivity contribution in [1.29, 1.82) is 0 Å². The van der Waals surface area contributed by atoms with Crippen LogP contribution in [-0.4, -0.2) is 49.2 Å². The molecule has 2 fully saturated rings. The van der Waals surface area contributed by atoms with Gasteiger partial charge in [0.1, 0.15) is 0 Å². The van der Waals surface area contributed by atoms with Gasteiger partial charge in [0, 0.05) is 48.8 Å². The summed E-state index contributed by atoms with van der Waals surface area (Å²) in [6.45, 7) is 6.15. The molecule has 0 spiro atoms. The highest BCUT2D eigenvalue weighted by Crippen LogP contribution is 2.30. The Morgan fingerprint density at radius 1 is 1.00 bits per heavy atom. The number of anilines is 1. The smallest absolute Gasteiger partial charge is 0.315 e. The Kier molecular flexibility index (Phi) is 7.28. The van der Waals surface area contributed by atoms with Crippen molar-refractivity contribution in [3.05, 3.63) is 52.7 Å².